The fourth-order valence-electron chi connectivity index (χ4n) is 3.97. The van der Waals surface area contributed by atoms with Crippen LogP contribution < -0.4 is 4.74 Å². The molecule has 1 aromatic heterocycles. The number of aryl methyl sites for hydroxylation is 1. The molecule has 0 N–H and O–H groups in total. The van der Waals surface area contributed by atoms with Gasteiger partial charge in [0.25, 0.3) is 0 Å². The maximum absolute atomic E-state index is 6.13. The van der Waals surface area contributed by atoms with Crippen molar-refractivity contribution in [3.05, 3.63) is 48.2 Å². The van der Waals surface area contributed by atoms with Gasteiger partial charge in [-0.25, -0.2) is 0 Å². The normalized spacial score (nSPS) is 12.1. The number of unbranched alkanes of at least 4 members (excludes halogenated alkanes) is 9. The van der Waals surface area contributed by atoms with Crippen LogP contribution in [-0.2, 0) is 6.42 Å². The summed E-state index contributed by atoms with van der Waals surface area (Å²) in [7, 11) is 0. The van der Waals surface area contributed by atoms with E-state index in [1.165, 1.54) is 76.2 Å². The third kappa shape index (κ3) is 10.4. The molecule has 0 saturated carbocycles. The van der Waals surface area contributed by atoms with Gasteiger partial charge in [0, 0.05) is 11.8 Å². The Morgan fingerprint density at radius 1 is 0.839 bits per heavy atom. The number of ether oxygens (including phenoxy) is 1. The number of hydrogen-bond acceptors (Lipinski definition) is 2. The van der Waals surface area contributed by atoms with E-state index in [0.29, 0.717) is 5.92 Å². The maximum Gasteiger partial charge on any atom is 0.128 e. The van der Waals surface area contributed by atoms with Crippen molar-refractivity contribution in [2.45, 2.75) is 104 Å². The molecule has 0 radical (unpaired) electrons. The highest BCUT2D eigenvalue weighted by molar-refractivity contribution is 5.67. The Morgan fingerprint density at radius 3 is 2.23 bits per heavy atom. The summed E-state index contributed by atoms with van der Waals surface area (Å²) in [6.07, 6.45) is 19.2. The molecule has 2 aromatic rings. The smallest absolute Gasteiger partial charge is 0.128 e. The van der Waals surface area contributed by atoms with Crippen LogP contribution in [0.15, 0.2) is 42.6 Å². The maximum atomic E-state index is 6.13. The highest BCUT2D eigenvalue weighted by Gasteiger charge is 2.09. The van der Waals surface area contributed by atoms with Gasteiger partial charge in [-0.3, -0.25) is 4.98 Å². The molecular formula is C29H45NO. The van der Waals surface area contributed by atoms with Crippen LogP contribution in [0, 0.1) is 5.92 Å². The van der Waals surface area contributed by atoms with Gasteiger partial charge < -0.3 is 4.74 Å². The van der Waals surface area contributed by atoms with Crippen molar-refractivity contribution in [1.82, 2.24) is 4.98 Å². The second kappa shape index (κ2) is 15.9. The molecule has 172 valence electrons. The van der Waals surface area contributed by atoms with E-state index in [2.05, 4.69) is 62.2 Å². The standard InChI is InChI=1S/C29H45NO/c1-4-6-7-8-9-10-11-12-13-14-17-26-20-22-30-28(24-26)27-18-15-16-19-29(27)31-23-21-25(3)5-2/h15-16,18-20,22,24-25H,4-14,17,21,23H2,1-3H3. The molecule has 0 spiro atoms. The van der Waals surface area contributed by atoms with Crippen molar-refractivity contribution in [3.63, 3.8) is 0 Å². The Bertz CT molecular complexity index is 711. The molecule has 0 bridgehead atoms. The molecule has 0 fully saturated rings. The summed E-state index contributed by atoms with van der Waals surface area (Å²) in [5.41, 5.74) is 3.53. The molecular weight excluding hydrogens is 378 g/mol. The van der Waals surface area contributed by atoms with Crippen molar-refractivity contribution in [1.29, 1.82) is 0 Å². The Balaban J connectivity index is 1.76. The van der Waals surface area contributed by atoms with Gasteiger partial charge in [0.05, 0.1) is 12.3 Å². The largest absolute Gasteiger partial charge is 0.493 e. The van der Waals surface area contributed by atoms with Crippen LogP contribution in [-0.4, -0.2) is 11.6 Å². The van der Waals surface area contributed by atoms with Crippen LogP contribution >= 0.6 is 0 Å². The van der Waals surface area contributed by atoms with Crippen molar-refractivity contribution in [3.8, 4) is 17.0 Å². The molecule has 1 heterocycles. The summed E-state index contributed by atoms with van der Waals surface area (Å²) >= 11 is 0. The van der Waals surface area contributed by atoms with Crippen LogP contribution in [0.3, 0.4) is 0 Å². The van der Waals surface area contributed by atoms with Crippen molar-refractivity contribution < 1.29 is 4.74 Å². The van der Waals surface area contributed by atoms with Gasteiger partial charge in [0.1, 0.15) is 5.75 Å². The van der Waals surface area contributed by atoms with Gasteiger partial charge in [-0.15, -0.1) is 0 Å². The Morgan fingerprint density at radius 2 is 1.52 bits per heavy atom. The first-order valence-corrected chi connectivity index (χ1v) is 12.9. The summed E-state index contributed by atoms with van der Waals surface area (Å²) in [5, 5.41) is 0. The zero-order valence-corrected chi connectivity index (χ0v) is 20.4. The predicted octanol–water partition coefficient (Wildman–Crippen LogP) is 9.03. The van der Waals surface area contributed by atoms with Gasteiger partial charge in [-0.1, -0.05) is 97.1 Å². The zero-order valence-electron chi connectivity index (χ0n) is 20.4. The summed E-state index contributed by atoms with van der Waals surface area (Å²) in [5.74, 6) is 1.66. The average Bonchev–Trinajstić information content (AvgIpc) is 2.80. The van der Waals surface area contributed by atoms with Gasteiger partial charge in [-0.05, 0) is 55.0 Å². The van der Waals surface area contributed by atoms with E-state index in [0.717, 1.165) is 36.5 Å². The molecule has 1 aromatic carbocycles. The molecule has 0 saturated heterocycles. The number of pyridine rings is 1. The monoisotopic (exact) mass is 423 g/mol. The van der Waals surface area contributed by atoms with E-state index in [9.17, 15) is 0 Å². The molecule has 0 aliphatic carbocycles. The van der Waals surface area contributed by atoms with Gasteiger partial charge >= 0.3 is 0 Å². The lowest BCUT2D eigenvalue weighted by Crippen LogP contribution is -2.04. The second-order valence-electron chi connectivity index (χ2n) is 9.13. The first-order valence-electron chi connectivity index (χ1n) is 12.9. The van der Waals surface area contributed by atoms with E-state index in [1.807, 2.05) is 6.20 Å². The van der Waals surface area contributed by atoms with E-state index >= 15 is 0 Å². The van der Waals surface area contributed by atoms with E-state index in [4.69, 9.17) is 4.74 Å². The lowest BCUT2D eigenvalue weighted by molar-refractivity contribution is 0.282. The minimum atomic E-state index is 0.703. The minimum Gasteiger partial charge on any atom is -0.493 e. The van der Waals surface area contributed by atoms with E-state index < -0.39 is 0 Å². The van der Waals surface area contributed by atoms with Crippen LogP contribution in [0.25, 0.3) is 11.3 Å². The molecule has 1 unspecified atom stereocenters. The predicted molar refractivity (Wildman–Crippen MR) is 135 cm³/mol. The van der Waals surface area contributed by atoms with E-state index in [-0.39, 0.29) is 0 Å². The summed E-state index contributed by atoms with van der Waals surface area (Å²) in [6, 6.07) is 12.8. The first kappa shape index (κ1) is 25.4. The first-order chi connectivity index (χ1) is 15.2. The average molecular weight is 424 g/mol. The minimum absolute atomic E-state index is 0.703. The highest BCUT2D eigenvalue weighted by atomic mass is 16.5. The number of rotatable bonds is 17. The summed E-state index contributed by atoms with van der Waals surface area (Å²) in [6.45, 7) is 7.58. The number of hydrogen-bond donors (Lipinski definition) is 0. The zero-order chi connectivity index (χ0) is 22.2. The Labute approximate surface area is 191 Å². The van der Waals surface area contributed by atoms with Gasteiger partial charge in [-0.2, -0.15) is 0 Å². The van der Waals surface area contributed by atoms with Crippen LogP contribution in [0.2, 0.25) is 0 Å². The fourth-order valence-corrected chi connectivity index (χ4v) is 3.97. The SMILES string of the molecule is CCCCCCCCCCCCc1ccnc(-c2ccccc2OCCC(C)CC)c1. The van der Waals surface area contributed by atoms with Crippen LogP contribution in [0.5, 0.6) is 5.75 Å². The second-order valence-corrected chi connectivity index (χ2v) is 9.13. The Hall–Kier alpha value is -1.83. The van der Waals surface area contributed by atoms with Crippen LogP contribution in [0.4, 0.5) is 0 Å². The Kier molecular flexibility index (Phi) is 13.0. The molecule has 2 heteroatoms. The summed E-state index contributed by atoms with van der Waals surface area (Å²) < 4.78 is 6.13. The lowest BCUT2D eigenvalue weighted by atomic mass is 10.0. The molecule has 2 nitrogen and oxygen atoms in total. The molecule has 0 aliphatic rings. The van der Waals surface area contributed by atoms with E-state index in [1.54, 1.807) is 0 Å². The van der Waals surface area contributed by atoms with Crippen molar-refractivity contribution >= 4 is 0 Å². The lowest BCUT2D eigenvalue weighted by Gasteiger charge is -2.13. The number of benzene rings is 1. The van der Waals surface area contributed by atoms with Gasteiger partial charge in [0.15, 0.2) is 0 Å². The topological polar surface area (TPSA) is 22.1 Å². The molecule has 1 atom stereocenters. The number of aromatic nitrogens is 1. The fraction of sp³-hybridized carbons (Fsp3) is 0.621. The van der Waals surface area contributed by atoms with Crippen LogP contribution in [0.1, 0.15) is 103 Å². The molecule has 0 amide bonds. The third-order valence-electron chi connectivity index (χ3n) is 6.37. The number of para-hydroxylation sites is 1. The number of nitrogens with zero attached hydrogens (tertiary/aromatic N) is 1. The summed E-state index contributed by atoms with van der Waals surface area (Å²) in [4.78, 5) is 4.65. The van der Waals surface area contributed by atoms with Crippen molar-refractivity contribution in [2.75, 3.05) is 6.61 Å². The quantitative estimate of drug-likeness (QED) is 0.237. The molecule has 2 rings (SSSR count). The molecule has 0 aliphatic heterocycles. The highest BCUT2D eigenvalue weighted by Crippen LogP contribution is 2.29. The third-order valence-corrected chi connectivity index (χ3v) is 6.37. The van der Waals surface area contributed by atoms with Crippen molar-refractivity contribution in [2.24, 2.45) is 5.92 Å². The molecule has 31 heavy (non-hydrogen) atoms. The van der Waals surface area contributed by atoms with Gasteiger partial charge in [0.2, 0.25) is 0 Å².